The molecule has 0 saturated heterocycles. The number of rotatable bonds is 1. The van der Waals surface area contributed by atoms with Gasteiger partial charge in [0.25, 0.3) is 0 Å². The molecule has 1 nitrogen and oxygen atoms in total. The van der Waals surface area contributed by atoms with E-state index < -0.39 is 0 Å². The smallest absolute Gasteiger partial charge is 0.168 e. The van der Waals surface area contributed by atoms with Crippen LogP contribution in [0.4, 0.5) is 8.78 Å². The Balaban J connectivity index is 0.00000121. The first-order valence-electron chi connectivity index (χ1n) is 8.79. The van der Waals surface area contributed by atoms with Crippen molar-refractivity contribution in [2.24, 2.45) is 5.92 Å². The lowest BCUT2D eigenvalue weighted by atomic mass is 9.78. The van der Waals surface area contributed by atoms with Crippen LogP contribution < -0.4 is 4.74 Å². The summed E-state index contributed by atoms with van der Waals surface area (Å²) in [6.45, 7) is 4.08. The van der Waals surface area contributed by atoms with E-state index in [4.69, 9.17) is 4.74 Å². The Bertz CT molecular complexity index is 795. The molecule has 1 fully saturated rings. The average molecular weight is 346 g/mol. The Morgan fingerprint density at radius 1 is 0.960 bits per heavy atom. The van der Waals surface area contributed by atoms with Gasteiger partial charge in [-0.25, -0.2) is 8.78 Å². The minimum Gasteiger partial charge on any atom is -0.485 e. The molecule has 2 aromatic carbocycles. The second-order valence-electron chi connectivity index (χ2n) is 7.31. The number of ether oxygens (including phenoxy) is 1. The van der Waals surface area contributed by atoms with Crippen LogP contribution in [0.2, 0.25) is 0 Å². The number of hydrogen-bond acceptors (Lipinski definition) is 1. The Morgan fingerprint density at radius 2 is 1.64 bits per heavy atom. The molecule has 1 aliphatic carbocycles. The maximum Gasteiger partial charge on any atom is 0.168 e. The zero-order valence-electron chi connectivity index (χ0n) is 14.2. The van der Waals surface area contributed by atoms with Gasteiger partial charge in [0.2, 0.25) is 0 Å². The monoisotopic (exact) mass is 346 g/mol. The molecule has 0 atom stereocenters. The van der Waals surface area contributed by atoms with Crippen molar-refractivity contribution in [3.05, 3.63) is 52.6 Å². The van der Waals surface area contributed by atoms with Crippen LogP contribution in [-0.2, 0) is 6.61 Å². The molecule has 0 aromatic heterocycles. The highest BCUT2D eigenvalue weighted by Gasteiger charge is 2.28. The molecule has 1 saturated carbocycles. The predicted octanol–water partition coefficient (Wildman–Crippen LogP) is 7.01. The molecule has 0 amide bonds. The van der Waals surface area contributed by atoms with Crippen LogP contribution in [0.5, 0.6) is 5.75 Å². The number of halogens is 2. The number of hydrogen-bond donors (Lipinski definition) is 0. The van der Waals surface area contributed by atoms with Crippen LogP contribution in [0.3, 0.4) is 0 Å². The third-order valence-electron chi connectivity index (χ3n) is 5.67. The summed E-state index contributed by atoms with van der Waals surface area (Å²) in [4.78, 5) is 0. The van der Waals surface area contributed by atoms with E-state index in [9.17, 15) is 4.39 Å². The van der Waals surface area contributed by atoms with E-state index in [1.165, 1.54) is 0 Å². The third kappa shape index (κ3) is 2.94. The van der Waals surface area contributed by atoms with Crippen LogP contribution in [-0.4, -0.2) is 0 Å². The van der Waals surface area contributed by atoms with Crippen LogP contribution >= 0.6 is 0 Å². The summed E-state index contributed by atoms with van der Waals surface area (Å²) in [5.74, 6) is 0.787. The Hall–Kier alpha value is -1.90. The molecule has 3 heteroatoms. The van der Waals surface area contributed by atoms with E-state index in [1.54, 1.807) is 13.0 Å². The molecule has 25 heavy (non-hydrogen) atoms. The van der Waals surface area contributed by atoms with E-state index in [2.05, 4.69) is 6.92 Å². The summed E-state index contributed by atoms with van der Waals surface area (Å²) in [6, 6.07) is 7.40. The molecule has 4 rings (SSSR count). The fourth-order valence-electron chi connectivity index (χ4n) is 4.07. The SMILES string of the molecule is C.Cc1ccc2c(c1F)OCc1c-2ccc(C2CCC(C)CC2)c1F.[HH]. The Morgan fingerprint density at radius 3 is 2.36 bits per heavy atom. The van der Waals surface area contributed by atoms with Crippen molar-refractivity contribution in [3.8, 4) is 16.9 Å². The van der Waals surface area contributed by atoms with Crippen molar-refractivity contribution in [3.63, 3.8) is 0 Å². The van der Waals surface area contributed by atoms with Crippen molar-refractivity contribution < 1.29 is 14.9 Å². The van der Waals surface area contributed by atoms with Gasteiger partial charge >= 0.3 is 0 Å². The van der Waals surface area contributed by atoms with Crippen molar-refractivity contribution in [2.75, 3.05) is 0 Å². The fourth-order valence-corrected chi connectivity index (χ4v) is 4.07. The van der Waals surface area contributed by atoms with Gasteiger partial charge in [-0.1, -0.05) is 51.5 Å². The van der Waals surface area contributed by atoms with Crippen LogP contribution in [0.15, 0.2) is 24.3 Å². The van der Waals surface area contributed by atoms with Gasteiger partial charge in [0, 0.05) is 12.6 Å². The van der Waals surface area contributed by atoms with Gasteiger partial charge in [-0.05, 0) is 48.3 Å². The highest BCUT2D eigenvalue weighted by Crippen LogP contribution is 2.44. The molecule has 1 heterocycles. The summed E-state index contributed by atoms with van der Waals surface area (Å²) in [5.41, 5.74) is 3.34. The standard InChI is InChI=1S/C21H22F2O.CH4.H2/c1-12-3-6-14(7-4-12)15-9-10-16-17-8-5-13(2)19(22)21(17)24-11-18(16)20(15)23;;/h5,8-10,12,14H,3-4,6-7,11H2,1-2H3;1H4;1H. The average Bonchev–Trinajstić information content (AvgIpc) is 2.59. The van der Waals surface area contributed by atoms with E-state index in [0.29, 0.717) is 22.6 Å². The van der Waals surface area contributed by atoms with Crippen molar-refractivity contribution in [2.45, 2.75) is 59.5 Å². The van der Waals surface area contributed by atoms with E-state index in [0.717, 1.165) is 42.7 Å². The molecule has 0 spiro atoms. The summed E-state index contributed by atoms with van der Waals surface area (Å²) in [7, 11) is 0. The van der Waals surface area contributed by atoms with E-state index >= 15 is 4.39 Å². The molecule has 1 aliphatic heterocycles. The van der Waals surface area contributed by atoms with Gasteiger partial charge in [0.1, 0.15) is 12.4 Å². The quantitative estimate of drug-likeness (QED) is 0.539. The highest BCUT2D eigenvalue weighted by atomic mass is 19.1. The molecule has 2 aliphatic rings. The lowest BCUT2D eigenvalue weighted by Gasteiger charge is -2.29. The van der Waals surface area contributed by atoms with E-state index in [1.807, 2.05) is 18.2 Å². The molecule has 136 valence electrons. The van der Waals surface area contributed by atoms with Crippen LogP contribution in [0.1, 0.15) is 64.1 Å². The molecule has 0 N–H and O–H groups in total. The molecule has 2 aromatic rings. The fraction of sp³-hybridized carbons (Fsp3) is 0.455. The van der Waals surface area contributed by atoms with Crippen molar-refractivity contribution in [1.29, 1.82) is 0 Å². The number of benzene rings is 2. The molecule has 0 unspecified atom stereocenters. The Labute approximate surface area is 150 Å². The van der Waals surface area contributed by atoms with Crippen LogP contribution in [0, 0.1) is 24.5 Å². The van der Waals surface area contributed by atoms with Gasteiger partial charge in [0.05, 0.1) is 0 Å². The highest BCUT2D eigenvalue weighted by molar-refractivity contribution is 5.76. The minimum atomic E-state index is -0.344. The second-order valence-corrected chi connectivity index (χ2v) is 7.31. The maximum atomic E-state index is 15.1. The molecular formula is C22H28F2O. The first-order chi connectivity index (χ1) is 11.6. The largest absolute Gasteiger partial charge is 0.485 e. The first-order valence-corrected chi connectivity index (χ1v) is 8.79. The third-order valence-corrected chi connectivity index (χ3v) is 5.67. The summed E-state index contributed by atoms with van der Waals surface area (Å²) >= 11 is 0. The van der Waals surface area contributed by atoms with Crippen molar-refractivity contribution in [1.82, 2.24) is 0 Å². The lowest BCUT2D eigenvalue weighted by Crippen LogP contribution is -2.15. The molecule has 0 radical (unpaired) electrons. The zero-order chi connectivity index (χ0) is 16.8. The normalized spacial score (nSPS) is 21.6. The molecule has 0 bridgehead atoms. The van der Waals surface area contributed by atoms with Crippen LogP contribution in [0.25, 0.3) is 11.1 Å². The number of fused-ring (bicyclic) bond motifs is 3. The van der Waals surface area contributed by atoms with Gasteiger partial charge in [0.15, 0.2) is 11.6 Å². The van der Waals surface area contributed by atoms with Gasteiger partial charge in [-0.2, -0.15) is 0 Å². The predicted molar refractivity (Wildman–Crippen MR) is 100 cm³/mol. The summed E-state index contributed by atoms with van der Waals surface area (Å²) in [6.07, 6.45) is 4.40. The van der Waals surface area contributed by atoms with Crippen molar-refractivity contribution >= 4 is 0 Å². The summed E-state index contributed by atoms with van der Waals surface area (Å²) < 4.78 is 35.0. The Kier molecular flexibility index (Phi) is 4.86. The topological polar surface area (TPSA) is 9.23 Å². The van der Waals surface area contributed by atoms with Gasteiger partial charge < -0.3 is 4.74 Å². The maximum absolute atomic E-state index is 15.1. The van der Waals surface area contributed by atoms with Gasteiger partial charge in [-0.3, -0.25) is 0 Å². The van der Waals surface area contributed by atoms with E-state index in [-0.39, 0.29) is 32.8 Å². The first kappa shape index (κ1) is 17.9. The minimum absolute atomic E-state index is 0. The zero-order valence-corrected chi connectivity index (χ0v) is 14.2. The number of aryl methyl sites for hydroxylation is 1. The lowest BCUT2D eigenvalue weighted by molar-refractivity contribution is 0.278. The van der Waals surface area contributed by atoms with Gasteiger partial charge in [-0.15, -0.1) is 0 Å². The second kappa shape index (κ2) is 6.78. The molecular weight excluding hydrogens is 318 g/mol. The summed E-state index contributed by atoms with van der Waals surface area (Å²) in [5, 5.41) is 0.